The van der Waals surface area contributed by atoms with Gasteiger partial charge in [0.05, 0.1) is 0 Å². The molecule has 1 aliphatic heterocycles. The summed E-state index contributed by atoms with van der Waals surface area (Å²) >= 11 is 1.70. The summed E-state index contributed by atoms with van der Waals surface area (Å²) in [4.78, 5) is 1.14. The Bertz CT molecular complexity index is 601. The molecule has 0 amide bonds. The summed E-state index contributed by atoms with van der Waals surface area (Å²) in [5.41, 5.74) is 1.21. The Balaban J connectivity index is 1.85. The highest BCUT2D eigenvalue weighted by Gasteiger charge is 2.37. The van der Waals surface area contributed by atoms with Crippen LogP contribution < -0.4 is 0 Å². The minimum atomic E-state index is -0.989. The molecule has 1 saturated heterocycles. The van der Waals surface area contributed by atoms with Crippen molar-refractivity contribution in [3.63, 3.8) is 0 Å². The number of rotatable bonds is 5. The molecule has 5 heteroatoms. The largest absolute Gasteiger partial charge is 0.258 e. The summed E-state index contributed by atoms with van der Waals surface area (Å²) < 4.78 is 24.4. The van der Waals surface area contributed by atoms with E-state index >= 15 is 0 Å². The summed E-state index contributed by atoms with van der Waals surface area (Å²) in [5.74, 6) is 1.13. The van der Waals surface area contributed by atoms with Crippen LogP contribution >= 0.6 is 11.8 Å². The lowest BCUT2D eigenvalue weighted by molar-refractivity contribution is 0.673. The Morgan fingerprint density at radius 1 is 0.909 bits per heavy atom. The van der Waals surface area contributed by atoms with Gasteiger partial charge in [-0.1, -0.05) is 48.5 Å². The second kappa shape index (κ2) is 7.57. The predicted octanol–water partition coefficient (Wildman–Crippen LogP) is 3.23. The molecule has 3 rings (SSSR count). The fourth-order valence-electron chi connectivity index (χ4n) is 2.57. The zero-order chi connectivity index (χ0) is 15.4. The lowest BCUT2D eigenvalue weighted by Crippen LogP contribution is -2.29. The van der Waals surface area contributed by atoms with Crippen LogP contribution in [-0.2, 0) is 28.0 Å². The molecule has 1 aliphatic rings. The van der Waals surface area contributed by atoms with Crippen molar-refractivity contribution >= 4 is 33.4 Å². The van der Waals surface area contributed by atoms with E-state index in [0.29, 0.717) is 11.5 Å². The van der Waals surface area contributed by atoms with Gasteiger partial charge < -0.3 is 0 Å². The van der Waals surface area contributed by atoms with Gasteiger partial charge in [-0.15, -0.1) is 11.8 Å². The molecule has 4 atom stereocenters. The average molecular weight is 351 g/mol. The third kappa shape index (κ3) is 3.89. The van der Waals surface area contributed by atoms with Crippen molar-refractivity contribution in [2.45, 2.75) is 21.1 Å². The number of thioether (sulfide) groups is 1. The Kier molecular flexibility index (Phi) is 5.50. The second-order valence-electron chi connectivity index (χ2n) is 5.20. The first-order valence-electron chi connectivity index (χ1n) is 7.24. The topological polar surface area (TPSA) is 34.1 Å². The molecule has 0 radical (unpaired) electrons. The van der Waals surface area contributed by atoms with Crippen LogP contribution in [0.2, 0.25) is 0 Å². The maximum absolute atomic E-state index is 12.3. The Morgan fingerprint density at radius 3 is 2.05 bits per heavy atom. The smallest absolute Gasteiger partial charge is 0.122 e. The van der Waals surface area contributed by atoms with Crippen LogP contribution in [0.3, 0.4) is 0 Å². The van der Waals surface area contributed by atoms with Crippen molar-refractivity contribution in [3.8, 4) is 0 Å². The van der Waals surface area contributed by atoms with Crippen LogP contribution in [0.4, 0.5) is 0 Å². The summed E-state index contributed by atoms with van der Waals surface area (Å²) in [6.07, 6.45) is 0.794. The molecule has 0 spiro atoms. The van der Waals surface area contributed by atoms with Crippen LogP contribution in [0.5, 0.6) is 0 Å². The van der Waals surface area contributed by atoms with Gasteiger partial charge >= 0.3 is 0 Å². The third-order valence-electron chi connectivity index (χ3n) is 3.62. The van der Waals surface area contributed by atoms with E-state index in [4.69, 9.17) is 0 Å². The van der Waals surface area contributed by atoms with Crippen molar-refractivity contribution < 1.29 is 8.42 Å². The van der Waals surface area contributed by atoms with Gasteiger partial charge in [-0.05, 0) is 24.1 Å². The maximum atomic E-state index is 12.3. The molecule has 1 heterocycles. The van der Waals surface area contributed by atoms with Crippen LogP contribution in [0.25, 0.3) is 0 Å². The predicted molar refractivity (Wildman–Crippen MR) is 96.0 cm³/mol. The van der Waals surface area contributed by atoms with Crippen LogP contribution in [0.1, 0.15) is 5.56 Å². The monoisotopic (exact) mass is 350 g/mol. The molecule has 0 aromatic heterocycles. The van der Waals surface area contributed by atoms with Crippen molar-refractivity contribution in [2.75, 3.05) is 11.5 Å². The van der Waals surface area contributed by atoms with Gasteiger partial charge in [-0.2, -0.15) is 0 Å². The summed E-state index contributed by atoms with van der Waals surface area (Å²) in [6, 6.07) is 20.3. The average Bonchev–Trinajstić information content (AvgIpc) is 2.88. The molecule has 22 heavy (non-hydrogen) atoms. The van der Waals surface area contributed by atoms with E-state index in [9.17, 15) is 8.42 Å². The molecule has 2 nitrogen and oxygen atoms in total. The van der Waals surface area contributed by atoms with Gasteiger partial charge in [0, 0.05) is 43.3 Å². The lowest BCUT2D eigenvalue weighted by atomic mass is 10.1. The first kappa shape index (κ1) is 16.0. The first-order chi connectivity index (χ1) is 10.7. The van der Waals surface area contributed by atoms with Crippen LogP contribution in [0.15, 0.2) is 65.6 Å². The fourth-order valence-corrected chi connectivity index (χ4v) is 8.88. The SMILES string of the molecule is O=[S@@]1CC[S@](=O)C1C(Cc1ccccc1)Sc1ccccc1. The van der Waals surface area contributed by atoms with Gasteiger partial charge in [0.1, 0.15) is 4.58 Å². The zero-order valence-electron chi connectivity index (χ0n) is 12.1. The molecule has 0 bridgehead atoms. The summed E-state index contributed by atoms with van der Waals surface area (Å²) in [6.45, 7) is 0. The quantitative estimate of drug-likeness (QED) is 0.777. The van der Waals surface area contributed by atoms with E-state index in [1.54, 1.807) is 11.8 Å². The molecule has 0 N–H and O–H groups in total. The van der Waals surface area contributed by atoms with E-state index in [1.165, 1.54) is 5.56 Å². The maximum Gasteiger partial charge on any atom is 0.122 e. The van der Waals surface area contributed by atoms with Crippen molar-refractivity contribution in [1.29, 1.82) is 0 Å². The molecule has 116 valence electrons. The van der Waals surface area contributed by atoms with Gasteiger partial charge in [0.15, 0.2) is 0 Å². The third-order valence-corrected chi connectivity index (χ3v) is 9.70. The van der Waals surface area contributed by atoms with Crippen LogP contribution in [-0.4, -0.2) is 29.8 Å². The van der Waals surface area contributed by atoms with E-state index < -0.39 is 21.6 Å². The summed E-state index contributed by atoms with van der Waals surface area (Å²) in [7, 11) is -1.98. The normalized spacial score (nSPS) is 25.9. The van der Waals surface area contributed by atoms with Crippen molar-refractivity contribution in [2.24, 2.45) is 0 Å². The Morgan fingerprint density at radius 2 is 1.45 bits per heavy atom. The lowest BCUT2D eigenvalue weighted by Gasteiger charge is -2.21. The molecular weight excluding hydrogens is 332 g/mol. The number of hydrogen-bond acceptors (Lipinski definition) is 3. The zero-order valence-corrected chi connectivity index (χ0v) is 14.5. The molecule has 0 saturated carbocycles. The van der Waals surface area contributed by atoms with Gasteiger partial charge in [-0.3, -0.25) is 8.42 Å². The first-order valence-corrected chi connectivity index (χ1v) is 10.9. The number of benzene rings is 2. The molecule has 2 aromatic rings. The highest BCUT2D eigenvalue weighted by molar-refractivity contribution is 8.09. The van der Waals surface area contributed by atoms with E-state index in [0.717, 1.165) is 11.3 Å². The molecule has 2 aromatic carbocycles. The highest BCUT2D eigenvalue weighted by Crippen LogP contribution is 2.33. The molecular formula is C17H18O2S3. The van der Waals surface area contributed by atoms with E-state index in [2.05, 4.69) is 24.3 Å². The molecule has 1 fully saturated rings. The van der Waals surface area contributed by atoms with Crippen molar-refractivity contribution in [1.82, 2.24) is 0 Å². The van der Waals surface area contributed by atoms with Gasteiger partial charge in [0.25, 0.3) is 0 Å². The Labute approximate surface area is 140 Å². The highest BCUT2D eigenvalue weighted by atomic mass is 32.3. The van der Waals surface area contributed by atoms with E-state index in [1.807, 2.05) is 36.4 Å². The van der Waals surface area contributed by atoms with Crippen LogP contribution in [0, 0.1) is 0 Å². The molecule has 0 aliphatic carbocycles. The number of hydrogen-bond donors (Lipinski definition) is 0. The van der Waals surface area contributed by atoms with Gasteiger partial charge in [-0.25, -0.2) is 0 Å². The van der Waals surface area contributed by atoms with E-state index in [-0.39, 0.29) is 9.83 Å². The van der Waals surface area contributed by atoms with Crippen molar-refractivity contribution in [3.05, 3.63) is 66.2 Å². The van der Waals surface area contributed by atoms with Gasteiger partial charge in [0.2, 0.25) is 0 Å². The minimum absolute atomic E-state index is 0.0777. The molecule has 2 unspecified atom stereocenters. The minimum Gasteiger partial charge on any atom is -0.258 e. The fraction of sp³-hybridized carbons (Fsp3) is 0.294. The summed E-state index contributed by atoms with van der Waals surface area (Å²) in [5, 5.41) is 0.0777. The Hall–Kier alpha value is -0.910. The standard InChI is InChI=1S/C17H18O2S3/c18-21-11-12-22(19)17(21)16(13-14-7-3-1-4-8-14)20-15-9-5-2-6-10-15/h1-10,16-17H,11-13H2/t16?,17?,21-,22+. The second-order valence-corrected chi connectivity index (χ2v) is 10.2.